The van der Waals surface area contributed by atoms with Gasteiger partial charge in [-0.15, -0.1) is 11.8 Å². The van der Waals surface area contributed by atoms with Gasteiger partial charge in [0.1, 0.15) is 60.4 Å². The molecule has 1 rings (SSSR count). The van der Waals surface area contributed by atoms with Crippen molar-refractivity contribution in [3.8, 4) is 0 Å². The lowest BCUT2D eigenvalue weighted by Gasteiger charge is -2.41. The highest BCUT2D eigenvalue weighted by Gasteiger charge is 2.47. The van der Waals surface area contributed by atoms with Gasteiger partial charge in [-0.25, -0.2) is 0 Å². The number of allylic oxidation sites excluding steroid dienone is 2. The van der Waals surface area contributed by atoms with Crippen molar-refractivity contribution in [2.75, 3.05) is 75.7 Å². The van der Waals surface area contributed by atoms with Crippen molar-refractivity contribution in [3.63, 3.8) is 0 Å². The predicted molar refractivity (Wildman–Crippen MR) is 369 cm³/mol. The van der Waals surface area contributed by atoms with Gasteiger partial charge in [0.05, 0.1) is 11.7 Å². The molecule has 26 heteroatoms. The zero-order chi connectivity index (χ0) is 72.9. The number of nitrogens with zero attached hydrogens (tertiary/aromatic N) is 8. The van der Waals surface area contributed by atoms with Crippen LogP contribution in [0.5, 0.6) is 0 Å². The molecule has 1 fully saturated rings. The average molecular weight is 1350 g/mol. The summed E-state index contributed by atoms with van der Waals surface area (Å²) < 4.78 is 0. The topological polar surface area (TPSA) is 302 Å². The molecular weight excluding hydrogens is 1220 g/mol. The number of aliphatic hydroxyl groups is 2. The first-order valence-corrected chi connectivity index (χ1v) is 34.7. The Morgan fingerprint density at radius 2 is 0.979 bits per heavy atom. The summed E-state index contributed by atoms with van der Waals surface area (Å²) in [4.78, 5) is 174. The summed E-state index contributed by atoms with van der Waals surface area (Å²) in [6.07, 6.45) is 3.71. The molecule has 0 radical (unpaired) electrons. The highest BCUT2D eigenvalue weighted by Crippen LogP contribution is 2.28. The normalized spacial score (nSPS) is 26.5. The van der Waals surface area contributed by atoms with E-state index in [1.807, 2.05) is 60.5 Å². The number of carbonyl (C=O) groups is 11. The number of unbranched alkanes of at least 4 members (excludes halogenated alkanes) is 1. The Hall–Kier alpha value is -5.86. The smallest absolute Gasteiger partial charge is 0.256 e. The molecule has 0 unspecified atom stereocenters. The van der Waals surface area contributed by atoms with Crippen LogP contribution in [0.1, 0.15) is 169 Å². The molecule has 25 nitrogen and oxygen atoms in total. The van der Waals surface area contributed by atoms with E-state index in [4.69, 9.17) is 0 Å². The minimum Gasteiger partial charge on any atom is -0.390 e. The fourth-order valence-electron chi connectivity index (χ4n) is 11.6. The molecular formula is C68H124N12O13S. The van der Waals surface area contributed by atoms with Gasteiger partial charge in [-0.3, -0.25) is 52.7 Å². The van der Waals surface area contributed by atoms with E-state index in [1.165, 1.54) is 102 Å². The summed E-state index contributed by atoms with van der Waals surface area (Å²) >= 11 is 1.14. The SMILES string of the molecule is C/C=C/C[C@@H](C)[C@@H](O)[C@H]1C(=O)N[C@@H](CC)C(=O)N(C)[C@H](SCCCCN(C)C)C(=O)N(C)[C@@H](CC(C)(C)O)C(=O)N[C@@H](C(C)C)C(=O)N(C)[C@@H](CC(C)C)C(=O)N[C@@H](C)C(=O)N[C@H](C)C(=O)N(C)[C@@H](CC(C)C)C(=O)N(C)[C@@H](CC(C)C)C(=O)N(C)[C@@H](C(C)C)C(=O)N1C. The maximum absolute atomic E-state index is 15.4. The van der Waals surface area contributed by atoms with Gasteiger partial charge in [0, 0.05) is 55.8 Å². The maximum Gasteiger partial charge on any atom is 0.256 e. The molecule has 1 heterocycles. The Labute approximate surface area is 567 Å². The summed E-state index contributed by atoms with van der Waals surface area (Å²) in [5.74, 6) is -9.92. The highest BCUT2D eigenvalue weighted by molar-refractivity contribution is 8.00. The van der Waals surface area contributed by atoms with Crippen LogP contribution < -0.4 is 21.3 Å². The van der Waals surface area contributed by atoms with Crippen LogP contribution in [0.2, 0.25) is 0 Å². The van der Waals surface area contributed by atoms with Crippen molar-refractivity contribution in [2.24, 2.45) is 35.5 Å². The van der Waals surface area contributed by atoms with Gasteiger partial charge in [-0.2, -0.15) is 0 Å². The van der Waals surface area contributed by atoms with E-state index in [0.29, 0.717) is 12.2 Å². The van der Waals surface area contributed by atoms with Crippen LogP contribution in [0.25, 0.3) is 0 Å². The van der Waals surface area contributed by atoms with Crippen molar-refractivity contribution in [3.05, 3.63) is 12.2 Å². The zero-order valence-corrected chi connectivity index (χ0v) is 62.8. The second kappa shape index (κ2) is 39.4. The summed E-state index contributed by atoms with van der Waals surface area (Å²) in [5, 5.41) is 33.4. The number of hydrogen-bond donors (Lipinski definition) is 6. The first-order chi connectivity index (χ1) is 43.3. The predicted octanol–water partition coefficient (Wildman–Crippen LogP) is 3.79. The standard InChI is InChI=1S/C68H124N12O13S/c1-27-29-32-44(13)55(81)54-59(85)71-47(28-2)61(87)80(26)67(94-34-31-30-33-73(18)19)66(92)77(23)51(38-68(16,17)93)58(84)72-52(42(9)10)64(90)74(20)48(35-39(3)4)57(83)69-45(14)56(82)70-46(15)60(86)75(21)49(36-40(5)6)62(88)76(22)50(37-41(7)8)63(89)78(24)53(43(11)12)65(91)79(54)25/h27,29,39-55,67,81,93H,28,30-38H2,1-26H3,(H,69,83)(H,70,82)(H,71,85)(H,72,84)/b29-27+/t44-,45+,46-,47+,48+,49+,50+,51+,52+,53+,54+,55-,67-/m1/s1. The van der Waals surface area contributed by atoms with Crippen molar-refractivity contribution in [2.45, 2.75) is 247 Å². The third-order valence-electron chi connectivity index (χ3n) is 17.5. The van der Waals surface area contributed by atoms with E-state index < -0.39 is 160 Å². The van der Waals surface area contributed by atoms with Crippen molar-refractivity contribution in [1.29, 1.82) is 0 Å². The number of likely N-dealkylation sites (N-methyl/N-ethyl adjacent to an activating group) is 7. The van der Waals surface area contributed by atoms with Crippen molar-refractivity contribution < 1.29 is 63.0 Å². The van der Waals surface area contributed by atoms with Crippen LogP contribution in [-0.4, -0.2) is 268 Å². The quantitative estimate of drug-likeness (QED) is 0.0704. The molecule has 0 aromatic carbocycles. The summed E-state index contributed by atoms with van der Waals surface area (Å²) in [6.45, 7) is 29.7. The number of thioether (sulfide) groups is 1. The van der Waals surface area contributed by atoms with Gasteiger partial charge < -0.3 is 70.7 Å². The number of hydrogen-bond acceptors (Lipinski definition) is 15. The maximum atomic E-state index is 15.4. The monoisotopic (exact) mass is 1350 g/mol. The van der Waals surface area contributed by atoms with E-state index in [2.05, 4.69) is 21.3 Å². The van der Waals surface area contributed by atoms with E-state index in [1.54, 1.807) is 60.6 Å². The Balaban J connectivity index is 4.57. The molecule has 1 saturated heterocycles. The third-order valence-corrected chi connectivity index (χ3v) is 18.8. The molecule has 1 aliphatic rings. The molecule has 0 saturated carbocycles. The Bertz CT molecular complexity index is 2560. The lowest BCUT2D eigenvalue weighted by molar-refractivity contribution is -0.157. The van der Waals surface area contributed by atoms with Crippen LogP contribution in [0.15, 0.2) is 12.2 Å². The van der Waals surface area contributed by atoms with Crippen LogP contribution >= 0.6 is 11.8 Å². The highest BCUT2D eigenvalue weighted by atomic mass is 32.2. The number of carbonyl (C=O) groups excluding carboxylic acids is 11. The molecule has 11 amide bonds. The lowest BCUT2D eigenvalue weighted by atomic mass is 9.91. The molecule has 0 aromatic rings. The molecule has 0 aliphatic carbocycles. The third kappa shape index (κ3) is 25.3. The second-order valence-electron chi connectivity index (χ2n) is 28.9. The second-order valence-corrected chi connectivity index (χ2v) is 30.1. The Kier molecular flexibility index (Phi) is 36.1. The molecule has 0 aromatic heterocycles. The number of amides is 11. The zero-order valence-electron chi connectivity index (χ0n) is 62.0. The average Bonchev–Trinajstić information content (AvgIpc) is 0.810. The summed E-state index contributed by atoms with van der Waals surface area (Å²) in [5.41, 5.74) is -1.58. The van der Waals surface area contributed by atoms with Crippen LogP contribution in [0.4, 0.5) is 0 Å². The fourth-order valence-corrected chi connectivity index (χ4v) is 12.8. The number of aliphatic hydroxyl groups excluding tert-OH is 1. The van der Waals surface area contributed by atoms with Gasteiger partial charge in [-0.05, 0) is 141 Å². The van der Waals surface area contributed by atoms with Crippen LogP contribution in [0, 0.1) is 35.5 Å². The van der Waals surface area contributed by atoms with Crippen LogP contribution in [-0.2, 0) is 52.7 Å². The first kappa shape index (κ1) is 86.2. The number of nitrogens with one attached hydrogen (secondary N) is 4. The Morgan fingerprint density at radius 1 is 0.521 bits per heavy atom. The van der Waals surface area contributed by atoms with Crippen LogP contribution in [0.3, 0.4) is 0 Å². The molecule has 0 spiro atoms. The molecule has 13 atom stereocenters. The molecule has 0 bridgehead atoms. The van der Waals surface area contributed by atoms with Gasteiger partial charge in [0.25, 0.3) is 5.91 Å². The lowest BCUT2D eigenvalue weighted by Crippen LogP contribution is -2.64. The van der Waals surface area contributed by atoms with Gasteiger partial charge in [-0.1, -0.05) is 95.2 Å². The van der Waals surface area contributed by atoms with E-state index in [0.717, 1.165) is 34.5 Å². The molecule has 540 valence electrons. The summed E-state index contributed by atoms with van der Waals surface area (Å²) in [7, 11) is 13.7. The minimum absolute atomic E-state index is 0.0272. The Morgan fingerprint density at radius 3 is 1.45 bits per heavy atom. The fraction of sp³-hybridized carbons (Fsp3) is 0.809. The largest absolute Gasteiger partial charge is 0.390 e. The van der Waals surface area contributed by atoms with E-state index in [9.17, 15) is 34.2 Å². The molecule has 94 heavy (non-hydrogen) atoms. The van der Waals surface area contributed by atoms with Gasteiger partial charge in [0.15, 0.2) is 5.37 Å². The molecule has 1 aliphatic heterocycles. The van der Waals surface area contributed by atoms with Crippen molar-refractivity contribution in [1.82, 2.24) is 60.5 Å². The first-order valence-electron chi connectivity index (χ1n) is 33.7. The van der Waals surface area contributed by atoms with E-state index >= 15 is 28.8 Å². The number of rotatable bonds is 21. The van der Waals surface area contributed by atoms with E-state index in [-0.39, 0.29) is 56.3 Å². The van der Waals surface area contributed by atoms with Crippen molar-refractivity contribution >= 4 is 76.7 Å². The summed E-state index contributed by atoms with van der Waals surface area (Å²) in [6, 6.07) is -13.1. The van der Waals surface area contributed by atoms with Gasteiger partial charge >= 0.3 is 0 Å². The van der Waals surface area contributed by atoms with Gasteiger partial charge in [0.2, 0.25) is 59.1 Å². The molecule has 6 N–H and O–H groups in total. The minimum atomic E-state index is -1.66.